The summed E-state index contributed by atoms with van der Waals surface area (Å²) in [6.45, 7) is 1.37. The number of rotatable bonds is 6. The van der Waals surface area contributed by atoms with E-state index in [1.165, 1.54) is 4.90 Å². The summed E-state index contributed by atoms with van der Waals surface area (Å²) in [6, 6.07) is 0. The van der Waals surface area contributed by atoms with Crippen molar-refractivity contribution in [3.05, 3.63) is 0 Å². The van der Waals surface area contributed by atoms with Gasteiger partial charge in [0.05, 0.1) is 6.54 Å². The predicted molar refractivity (Wildman–Crippen MR) is 87.0 cm³/mol. The molecule has 1 fully saturated rings. The third-order valence-corrected chi connectivity index (χ3v) is 4.09. The highest BCUT2D eigenvalue weighted by Gasteiger charge is 2.59. The van der Waals surface area contributed by atoms with E-state index in [2.05, 4.69) is 10.6 Å². The van der Waals surface area contributed by atoms with Gasteiger partial charge in [-0.2, -0.15) is 0 Å². The van der Waals surface area contributed by atoms with Gasteiger partial charge in [-0.3, -0.25) is 14.6 Å². The smallest absolute Gasteiger partial charge is 0.347 e. The number of aliphatic carboxylic acids is 4. The molecule has 0 saturated carbocycles. The lowest BCUT2D eigenvalue weighted by Gasteiger charge is -2.35. The molecule has 0 amide bonds. The molecule has 6 N–H and O–H groups in total. The van der Waals surface area contributed by atoms with Gasteiger partial charge in [0.2, 0.25) is 0 Å². The summed E-state index contributed by atoms with van der Waals surface area (Å²) in [5.74, 6) is -7.10. The number of hydrogen-bond acceptors (Lipinski definition) is 8. The van der Waals surface area contributed by atoms with Crippen LogP contribution in [0.3, 0.4) is 0 Å². The molecule has 148 valence electrons. The molecule has 0 spiro atoms. The van der Waals surface area contributed by atoms with Crippen molar-refractivity contribution in [2.24, 2.45) is 0 Å². The molecule has 0 unspecified atom stereocenters. The van der Waals surface area contributed by atoms with Crippen molar-refractivity contribution < 1.29 is 39.6 Å². The highest BCUT2D eigenvalue weighted by molar-refractivity contribution is 6.21. The van der Waals surface area contributed by atoms with Crippen LogP contribution in [0.4, 0.5) is 0 Å². The summed E-state index contributed by atoms with van der Waals surface area (Å²) in [4.78, 5) is 48.1. The first-order valence-electron chi connectivity index (χ1n) is 8.03. The highest BCUT2D eigenvalue weighted by atomic mass is 16.4. The Labute approximate surface area is 149 Å². The minimum atomic E-state index is -3.14. The Balaban J connectivity index is 3.11. The van der Waals surface area contributed by atoms with Gasteiger partial charge in [0.15, 0.2) is 0 Å². The Bertz CT molecular complexity index is 505. The van der Waals surface area contributed by atoms with E-state index in [-0.39, 0.29) is 32.7 Å². The van der Waals surface area contributed by atoms with Gasteiger partial charge in [0.25, 0.3) is 0 Å². The first-order valence-corrected chi connectivity index (χ1v) is 8.03. The molecule has 12 nitrogen and oxygen atoms in total. The maximum absolute atomic E-state index is 11.6. The molecule has 0 radical (unpaired) electrons. The summed E-state index contributed by atoms with van der Waals surface area (Å²) in [5, 5.41) is 43.2. The lowest BCUT2D eigenvalue weighted by Crippen LogP contribution is -2.67. The number of nitrogens with one attached hydrogen (secondary N) is 2. The summed E-state index contributed by atoms with van der Waals surface area (Å²) < 4.78 is 0. The quantitative estimate of drug-likeness (QED) is 0.257. The first-order chi connectivity index (χ1) is 12.2. The molecule has 0 aromatic carbocycles. The number of nitrogens with zero attached hydrogens (tertiary/aromatic N) is 2. The van der Waals surface area contributed by atoms with Crippen LogP contribution in [0, 0.1) is 0 Å². The number of carbonyl (C=O) groups is 4. The molecular formula is C14H24N4O8. The molecule has 1 heterocycles. The minimum Gasteiger partial charge on any atom is -0.480 e. The second-order valence-corrected chi connectivity index (χ2v) is 5.78. The minimum absolute atomic E-state index is 0.00354. The molecule has 0 aliphatic carbocycles. The van der Waals surface area contributed by atoms with Crippen LogP contribution in [-0.2, 0) is 19.2 Å². The van der Waals surface area contributed by atoms with E-state index in [0.717, 1.165) is 4.90 Å². The first kappa shape index (κ1) is 21.8. The van der Waals surface area contributed by atoms with Gasteiger partial charge >= 0.3 is 29.4 Å². The monoisotopic (exact) mass is 376 g/mol. The van der Waals surface area contributed by atoms with Gasteiger partial charge in [0, 0.05) is 52.4 Å². The molecule has 1 saturated heterocycles. The van der Waals surface area contributed by atoms with Crippen molar-refractivity contribution in [3.8, 4) is 0 Å². The lowest BCUT2D eigenvalue weighted by atomic mass is 9.97. The van der Waals surface area contributed by atoms with Gasteiger partial charge in [-0.05, 0) is 0 Å². The molecule has 12 heteroatoms. The summed E-state index contributed by atoms with van der Waals surface area (Å²) >= 11 is 0. The summed E-state index contributed by atoms with van der Waals surface area (Å²) in [7, 11) is 0. The lowest BCUT2D eigenvalue weighted by molar-refractivity contribution is -0.179. The van der Waals surface area contributed by atoms with E-state index in [0.29, 0.717) is 26.2 Å². The molecule has 26 heavy (non-hydrogen) atoms. The van der Waals surface area contributed by atoms with E-state index >= 15 is 0 Å². The van der Waals surface area contributed by atoms with Crippen LogP contribution in [0.2, 0.25) is 0 Å². The van der Waals surface area contributed by atoms with Crippen LogP contribution >= 0.6 is 0 Å². The van der Waals surface area contributed by atoms with Gasteiger partial charge in [0.1, 0.15) is 0 Å². The van der Waals surface area contributed by atoms with Crippen molar-refractivity contribution in [2.45, 2.75) is 5.54 Å². The summed E-state index contributed by atoms with van der Waals surface area (Å²) in [6.07, 6.45) is 0. The van der Waals surface area contributed by atoms with E-state index < -0.39 is 29.4 Å². The number of carboxylic acids is 4. The Morgan fingerprint density at radius 2 is 1.23 bits per heavy atom. The fourth-order valence-electron chi connectivity index (χ4n) is 2.73. The van der Waals surface area contributed by atoms with Crippen molar-refractivity contribution in [2.75, 3.05) is 58.9 Å². The van der Waals surface area contributed by atoms with Crippen molar-refractivity contribution in [1.82, 2.24) is 20.4 Å². The van der Waals surface area contributed by atoms with Crippen LogP contribution in [0.25, 0.3) is 0 Å². The van der Waals surface area contributed by atoms with Gasteiger partial charge < -0.3 is 31.1 Å². The molecule has 0 bridgehead atoms. The maximum Gasteiger partial charge on any atom is 0.347 e. The second kappa shape index (κ2) is 10.0. The van der Waals surface area contributed by atoms with Crippen LogP contribution in [0.15, 0.2) is 0 Å². The molecule has 1 rings (SSSR count). The fourth-order valence-corrected chi connectivity index (χ4v) is 2.73. The van der Waals surface area contributed by atoms with Crippen LogP contribution < -0.4 is 10.6 Å². The average molecular weight is 376 g/mol. The zero-order valence-electron chi connectivity index (χ0n) is 14.2. The molecule has 0 aromatic heterocycles. The molecule has 0 aromatic rings. The number of hydrogen-bond donors (Lipinski definition) is 6. The average Bonchev–Trinajstić information content (AvgIpc) is 2.50. The van der Waals surface area contributed by atoms with E-state index in [1.54, 1.807) is 0 Å². The Kier molecular flexibility index (Phi) is 8.38. The standard InChI is InChI=1S/C14H24N4O8/c19-10(20)9-17-5-3-15-1-2-16-4-6-18(8-7-17)14(11(21)22,12(23)24)13(25)26/h15-16H,1-9H2,(H,19,20)(H,21,22)(H,23,24)(H,25,26). The third kappa shape index (κ3) is 5.36. The molecule has 1 aliphatic heterocycles. The normalized spacial score (nSPS) is 19.1. The van der Waals surface area contributed by atoms with Crippen molar-refractivity contribution >= 4 is 23.9 Å². The fraction of sp³-hybridized carbons (Fsp3) is 0.714. The third-order valence-electron chi connectivity index (χ3n) is 4.09. The van der Waals surface area contributed by atoms with Crippen molar-refractivity contribution in [1.29, 1.82) is 0 Å². The Hall–Kier alpha value is -2.28. The van der Waals surface area contributed by atoms with E-state index in [9.17, 15) is 34.5 Å². The zero-order valence-corrected chi connectivity index (χ0v) is 14.2. The van der Waals surface area contributed by atoms with Gasteiger partial charge in [-0.15, -0.1) is 0 Å². The van der Waals surface area contributed by atoms with Crippen LogP contribution in [0.5, 0.6) is 0 Å². The molecular weight excluding hydrogens is 352 g/mol. The summed E-state index contributed by atoms with van der Waals surface area (Å²) in [5.41, 5.74) is -3.14. The second-order valence-electron chi connectivity index (χ2n) is 5.78. The largest absolute Gasteiger partial charge is 0.480 e. The Morgan fingerprint density at radius 1 is 0.731 bits per heavy atom. The maximum atomic E-state index is 11.6. The van der Waals surface area contributed by atoms with Crippen LogP contribution in [-0.4, -0.2) is 119 Å². The van der Waals surface area contributed by atoms with E-state index in [1.807, 2.05) is 0 Å². The SMILES string of the molecule is O=C(O)CN1CCNCCNCCN(C(C(=O)O)(C(=O)O)C(=O)O)CC1. The van der Waals surface area contributed by atoms with E-state index in [4.69, 9.17) is 5.11 Å². The zero-order chi connectivity index (χ0) is 19.7. The van der Waals surface area contributed by atoms with Crippen molar-refractivity contribution in [3.63, 3.8) is 0 Å². The number of carboxylic acid groups (broad SMARTS) is 4. The highest BCUT2D eigenvalue weighted by Crippen LogP contribution is 2.18. The van der Waals surface area contributed by atoms with Gasteiger partial charge in [-0.1, -0.05) is 0 Å². The Morgan fingerprint density at radius 3 is 1.69 bits per heavy atom. The topological polar surface area (TPSA) is 180 Å². The van der Waals surface area contributed by atoms with Gasteiger partial charge in [-0.25, -0.2) is 14.4 Å². The van der Waals surface area contributed by atoms with Crippen LogP contribution in [0.1, 0.15) is 0 Å². The molecule has 0 atom stereocenters. The predicted octanol–water partition coefficient (Wildman–Crippen LogP) is -3.14. The molecule has 1 aliphatic rings.